The Kier molecular flexibility index (Phi) is 8.29. The molecule has 1 aliphatic heterocycles. The first-order valence-electron chi connectivity index (χ1n) is 10.7. The van der Waals surface area contributed by atoms with Gasteiger partial charge < -0.3 is 25.0 Å². The fourth-order valence-electron chi connectivity index (χ4n) is 3.25. The van der Waals surface area contributed by atoms with Crippen molar-refractivity contribution in [3.05, 3.63) is 54.1 Å². The van der Waals surface area contributed by atoms with Gasteiger partial charge in [-0.25, -0.2) is 0 Å². The van der Waals surface area contributed by atoms with Crippen LogP contribution in [0.15, 0.2) is 48.5 Å². The van der Waals surface area contributed by atoms with Crippen LogP contribution in [-0.4, -0.2) is 56.7 Å². The predicted molar refractivity (Wildman–Crippen MR) is 121 cm³/mol. The van der Waals surface area contributed by atoms with Gasteiger partial charge in [0.2, 0.25) is 11.8 Å². The van der Waals surface area contributed by atoms with Crippen LogP contribution in [0.5, 0.6) is 5.75 Å². The first kappa shape index (κ1) is 22.6. The van der Waals surface area contributed by atoms with E-state index in [1.54, 1.807) is 19.0 Å². The van der Waals surface area contributed by atoms with Crippen LogP contribution in [0.3, 0.4) is 0 Å². The largest absolute Gasteiger partial charge is 0.491 e. The Hall–Kier alpha value is -3.06. The van der Waals surface area contributed by atoms with Crippen molar-refractivity contribution in [1.29, 1.82) is 0 Å². The van der Waals surface area contributed by atoms with Crippen LogP contribution in [-0.2, 0) is 20.7 Å². The summed E-state index contributed by atoms with van der Waals surface area (Å²) in [6, 6.07) is 15.1. The first-order chi connectivity index (χ1) is 15.0. The van der Waals surface area contributed by atoms with E-state index in [1.807, 2.05) is 48.5 Å². The lowest BCUT2D eigenvalue weighted by molar-refractivity contribution is -0.128. The number of carbonyl (C=O) groups excluding carboxylic acids is 2. The molecule has 7 heteroatoms. The fourth-order valence-corrected chi connectivity index (χ4v) is 3.25. The summed E-state index contributed by atoms with van der Waals surface area (Å²) in [5, 5.41) is 5.98. The molecule has 7 nitrogen and oxygen atoms in total. The normalized spacial score (nSPS) is 15.4. The zero-order valence-corrected chi connectivity index (χ0v) is 18.2. The molecule has 0 spiro atoms. The van der Waals surface area contributed by atoms with Gasteiger partial charge in [-0.1, -0.05) is 12.1 Å². The van der Waals surface area contributed by atoms with Crippen molar-refractivity contribution in [2.75, 3.05) is 44.5 Å². The van der Waals surface area contributed by atoms with E-state index in [1.165, 1.54) is 0 Å². The van der Waals surface area contributed by atoms with Crippen LogP contribution in [0.2, 0.25) is 0 Å². The molecule has 166 valence electrons. The van der Waals surface area contributed by atoms with Gasteiger partial charge in [0.05, 0.1) is 12.6 Å². The van der Waals surface area contributed by atoms with Crippen molar-refractivity contribution in [2.45, 2.75) is 31.8 Å². The van der Waals surface area contributed by atoms with E-state index in [4.69, 9.17) is 9.47 Å². The Morgan fingerprint density at radius 3 is 2.42 bits per heavy atom. The summed E-state index contributed by atoms with van der Waals surface area (Å²) >= 11 is 0. The second-order valence-corrected chi connectivity index (χ2v) is 7.86. The standard InChI is InChI=1S/C24H31N3O4/c1-27(2)24(29)14-7-18-5-8-19(9-6-18)25-16-23(28)26-20-10-12-21(13-11-20)31-17-22-4-3-15-30-22/h5-6,8-13,22,25H,3-4,7,14-17H2,1-2H3,(H,26,28). The lowest BCUT2D eigenvalue weighted by atomic mass is 10.1. The smallest absolute Gasteiger partial charge is 0.243 e. The molecule has 2 aromatic carbocycles. The average molecular weight is 426 g/mol. The SMILES string of the molecule is CN(C)C(=O)CCc1ccc(NCC(=O)Nc2ccc(OCC3CCCO3)cc2)cc1. The van der Waals surface area contributed by atoms with E-state index >= 15 is 0 Å². The van der Waals surface area contributed by atoms with Crippen molar-refractivity contribution in [1.82, 2.24) is 4.90 Å². The number of nitrogens with one attached hydrogen (secondary N) is 2. The molecule has 1 aliphatic rings. The van der Waals surface area contributed by atoms with Crippen LogP contribution in [0.1, 0.15) is 24.8 Å². The molecular weight excluding hydrogens is 394 g/mol. The van der Waals surface area contributed by atoms with Crippen molar-refractivity contribution >= 4 is 23.2 Å². The van der Waals surface area contributed by atoms with E-state index in [0.29, 0.717) is 19.4 Å². The highest BCUT2D eigenvalue weighted by Gasteiger charge is 2.15. The van der Waals surface area contributed by atoms with Gasteiger partial charge in [0.1, 0.15) is 12.4 Å². The summed E-state index contributed by atoms with van der Waals surface area (Å²) < 4.78 is 11.3. The maximum atomic E-state index is 12.2. The molecule has 2 N–H and O–H groups in total. The zero-order valence-electron chi connectivity index (χ0n) is 18.2. The van der Waals surface area contributed by atoms with Gasteiger partial charge in [-0.3, -0.25) is 9.59 Å². The minimum absolute atomic E-state index is 0.112. The molecule has 1 fully saturated rings. The van der Waals surface area contributed by atoms with Crippen LogP contribution in [0.25, 0.3) is 0 Å². The number of carbonyl (C=O) groups is 2. The van der Waals surface area contributed by atoms with E-state index in [9.17, 15) is 9.59 Å². The molecule has 3 rings (SSSR count). The maximum absolute atomic E-state index is 12.2. The second kappa shape index (κ2) is 11.4. The monoisotopic (exact) mass is 425 g/mol. The van der Waals surface area contributed by atoms with Crippen molar-refractivity contribution in [3.63, 3.8) is 0 Å². The Morgan fingerprint density at radius 2 is 1.77 bits per heavy atom. The minimum atomic E-state index is -0.131. The Balaban J connectivity index is 1.37. The predicted octanol–water partition coefficient (Wildman–Crippen LogP) is 3.32. The molecule has 1 heterocycles. The third kappa shape index (κ3) is 7.61. The number of amides is 2. The third-order valence-corrected chi connectivity index (χ3v) is 5.13. The first-order valence-corrected chi connectivity index (χ1v) is 10.7. The molecule has 2 aromatic rings. The molecular formula is C24H31N3O4. The molecule has 1 unspecified atom stereocenters. The van der Waals surface area contributed by atoms with Crippen molar-refractivity contribution in [3.8, 4) is 5.75 Å². The number of aryl methyl sites for hydroxylation is 1. The topological polar surface area (TPSA) is 79.9 Å². The van der Waals surface area contributed by atoms with Crippen LogP contribution >= 0.6 is 0 Å². The summed E-state index contributed by atoms with van der Waals surface area (Å²) in [7, 11) is 3.52. The Bertz CT molecular complexity index is 844. The van der Waals surface area contributed by atoms with Crippen LogP contribution in [0, 0.1) is 0 Å². The van der Waals surface area contributed by atoms with Crippen molar-refractivity contribution in [2.24, 2.45) is 0 Å². The molecule has 2 amide bonds. The van der Waals surface area contributed by atoms with Gasteiger partial charge in [0.15, 0.2) is 0 Å². The molecule has 1 atom stereocenters. The molecule has 0 radical (unpaired) electrons. The molecule has 0 aromatic heterocycles. The summed E-state index contributed by atoms with van der Waals surface area (Å²) in [5.74, 6) is 0.744. The van der Waals surface area contributed by atoms with Crippen molar-refractivity contribution < 1.29 is 19.1 Å². The van der Waals surface area contributed by atoms with Gasteiger partial charge in [0.25, 0.3) is 0 Å². The highest BCUT2D eigenvalue weighted by Crippen LogP contribution is 2.18. The highest BCUT2D eigenvalue weighted by molar-refractivity contribution is 5.93. The maximum Gasteiger partial charge on any atom is 0.243 e. The molecule has 0 saturated carbocycles. The lowest BCUT2D eigenvalue weighted by Crippen LogP contribution is -2.22. The lowest BCUT2D eigenvalue weighted by Gasteiger charge is -2.12. The second-order valence-electron chi connectivity index (χ2n) is 7.86. The third-order valence-electron chi connectivity index (χ3n) is 5.13. The van der Waals surface area contributed by atoms with Gasteiger partial charge in [0, 0.05) is 38.5 Å². The van der Waals surface area contributed by atoms with E-state index < -0.39 is 0 Å². The van der Waals surface area contributed by atoms with Crippen LogP contribution in [0.4, 0.5) is 11.4 Å². The number of hydrogen-bond acceptors (Lipinski definition) is 5. The summed E-state index contributed by atoms with van der Waals surface area (Å²) in [5.41, 5.74) is 2.67. The number of rotatable bonds is 10. The summed E-state index contributed by atoms with van der Waals surface area (Å²) in [4.78, 5) is 25.5. The van der Waals surface area contributed by atoms with Crippen LogP contribution < -0.4 is 15.4 Å². The van der Waals surface area contributed by atoms with Gasteiger partial charge >= 0.3 is 0 Å². The number of benzene rings is 2. The number of anilines is 2. The molecule has 1 saturated heterocycles. The quantitative estimate of drug-likeness (QED) is 0.611. The molecule has 0 aliphatic carbocycles. The Labute approximate surface area is 183 Å². The zero-order chi connectivity index (χ0) is 22.1. The van der Waals surface area contributed by atoms with E-state index in [0.717, 1.165) is 42.1 Å². The Morgan fingerprint density at radius 1 is 1.06 bits per heavy atom. The molecule has 0 bridgehead atoms. The summed E-state index contributed by atoms with van der Waals surface area (Å²) in [6.45, 7) is 1.53. The number of hydrogen-bond donors (Lipinski definition) is 2. The highest BCUT2D eigenvalue weighted by atomic mass is 16.5. The van der Waals surface area contributed by atoms with Gasteiger partial charge in [-0.2, -0.15) is 0 Å². The van der Waals surface area contributed by atoms with Gasteiger partial charge in [-0.05, 0) is 61.2 Å². The molecule has 31 heavy (non-hydrogen) atoms. The number of nitrogens with zero attached hydrogens (tertiary/aromatic N) is 1. The van der Waals surface area contributed by atoms with E-state index in [2.05, 4.69) is 10.6 Å². The average Bonchev–Trinajstić information content (AvgIpc) is 3.30. The van der Waals surface area contributed by atoms with Gasteiger partial charge in [-0.15, -0.1) is 0 Å². The summed E-state index contributed by atoms with van der Waals surface area (Å²) in [6.07, 6.45) is 3.50. The minimum Gasteiger partial charge on any atom is -0.491 e. The van der Waals surface area contributed by atoms with E-state index in [-0.39, 0.29) is 24.5 Å². The fraction of sp³-hybridized carbons (Fsp3) is 0.417. The number of ether oxygens (including phenoxy) is 2.